The third-order valence-electron chi connectivity index (χ3n) is 3.40. The van der Waals surface area contributed by atoms with Gasteiger partial charge in [0.1, 0.15) is 10.8 Å². The number of methoxy groups -OCH3 is 2. The van der Waals surface area contributed by atoms with Gasteiger partial charge in [-0.25, -0.2) is 4.98 Å². The summed E-state index contributed by atoms with van der Waals surface area (Å²) in [5, 5.41) is 3.82. The van der Waals surface area contributed by atoms with Crippen LogP contribution < -0.4 is 10.1 Å². The average molecular weight is 334 g/mol. The van der Waals surface area contributed by atoms with Crippen LogP contribution in [0.4, 0.5) is 0 Å². The first kappa shape index (κ1) is 17.4. The third-order valence-corrected chi connectivity index (χ3v) is 4.60. The van der Waals surface area contributed by atoms with Crippen molar-refractivity contribution in [3.63, 3.8) is 0 Å². The van der Waals surface area contributed by atoms with Crippen molar-refractivity contribution in [1.82, 2.24) is 10.3 Å². The molecule has 1 N–H and O–H groups in total. The number of hydrogen-bond donors (Lipinski definition) is 1. The van der Waals surface area contributed by atoms with Crippen LogP contribution in [0.15, 0.2) is 24.3 Å². The highest BCUT2D eigenvalue weighted by Gasteiger charge is 2.13. The highest BCUT2D eigenvalue weighted by atomic mass is 32.1. The second-order valence-corrected chi connectivity index (χ2v) is 6.21. The number of nitrogens with zero attached hydrogens (tertiary/aromatic N) is 1. The van der Waals surface area contributed by atoms with Gasteiger partial charge in [0, 0.05) is 30.7 Å². The van der Waals surface area contributed by atoms with Crippen LogP contribution in [0.3, 0.4) is 0 Å². The number of rotatable bonds is 8. The highest BCUT2D eigenvalue weighted by Crippen LogP contribution is 2.29. The molecule has 23 heavy (non-hydrogen) atoms. The Morgan fingerprint density at radius 1 is 1.26 bits per heavy atom. The van der Waals surface area contributed by atoms with Gasteiger partial charge in [-0.2, -0.15) is 0 Å². The van der Waals surface area contributed by atoms with Crippen LogP contribution in [-0.2, 0) is 16.0 Å². The van der Waals surface area contributed by atoms with E-state index in [0.29, 0.717) is 19.6 Å². The summed E-state index contributed by atoms with van der Waals surface area (Å²) in [6, 6.07) is 7.78. The van der Waals surface area contributed by atoms with E-state index in [4.69, 9.17) is 9.47 Å². The number of thiazole rings is 1. The quantitative estimate of drug-likeness (QED) is 0.754. The van der Waals surface area contributed by atoms with E-state index >= 15 is 0 Å². The minimum absolute atomic E-state index is 0.0223. The van der Waals surface area contributed by atoms with Crippen LogP contribution in [0, 0.1) is 6.92 Å². The molecular formula is C17H22N2O3S. The Morgan fingerprint density at radius 2 is 2.00 bits per heavy atom. The van der Waals surface area contributed by atoms with E-state index in [1.807, 2.05) is 31.2 Å². The fraction of sp³-hybridized carbons (Fsp3) is 0.412. The van der Waals surface area contributed by atoms with Crippen molar-refractivity contribution in [3.05, 3.63) is 34.8 Å². The molecule has 0 saturated carbocycles. The molecule has 0 spiro atoms. The van der Waals surface area contributed by atoms with Crippen LogP contribution in [0.1, 0.15) is 17.0 Å². The maximum atomic E-state index is 12.0. The SMILES string of the molecule is COCCCNC(=O)Cc1sc(-c2ccc(OC)cc2)nc1C. The van der Waals surface area contributed by atoms with Gasteiger partial charge < -0.3 is 14.8 Å². The van der Waals surface area contributed by atoms with Gasteiger partial charge in [-0.3, -0.25) is 4.79 Å². The number of carbonyl (C=O) groups excluding carboxylic acids is 1. The fourth-order valence-corrected chi connectivity index (χ4v) is 3.17. The Morgan fingerprint density at radius 3 is 2.65 bits per heavy atom. The Balaban J connectivity index is 1.98. The van der Waals surface area contributed by atoms with Gasteiger partial charge in [0.05, 0.1) is 19.2 Å². The molecule has 0 saturated heterocycles. The lowest BCUT2D eigenvalue weighted by Crippen LogP contribution is -2.26. The van der Waals surface area contributed by atoms with Crippen molar-refractivity contribution >= 4 is 17.2 Å². The minimum atomic E-state index is 0.0223. The molecule has 1 heterocycles. The topological polar surface area (TPSA) is 60.5 Å². The molecule has 0 bridgehead atoms. The Bertz CT molecular complexity index is 638. The van der Waals surface area contributed by atoms with E-state index in [-0.39, 0.29) is 5.91 Å². The number of ether oxygens (including phenoxy) is 2. The molecule has 1 aromatic carbocycles. The smallest absolute Gasteiger partial charge is 0.225 e. The lowest BCUT2D eigenvalue weighted by atomic mass is 10.2. The lowest BCUT2D eigenvalue weighted by molar-refractivity contribution is -0.120. The molecule has 0 radical (unpaired) electrons. The first-order chi connectivity index (χ1) is 11.1. The van der Waals surface area contributed by atoms with E-state index < -0.39 is 0 Å². The summed E-state index contributed by atoms with van der Waals surface area (Å²) in [7, 11) is 3.30. The van der Waals surface area contributed by atoms with Gasteiger partial charge >= 0.3 is 0 Å². The largest absolute Gasteiger partial charge is 0.497 e. The summed E-state index contributed by atoms with van der Waals surface area (Å²) < 4.78 is 10.1. The van der Waals surface area contributed by atoms with E-state index in [1.54, 1.807) is 25.6 Å². The van der Waals surface area contributed by atoms with Crippen molar-refractivity contribution < 1.29 is 14.3 Å². The normalized spacial score (nSPS) is 10.6. The number of amides is 1. The van der Waals surface area contributed by atoms with Gasteiger partial charge in [-0.1, -0.05) is 0 Å². The molecule has 1 aromatic heterocycles. The van der Waals surface area contributed by atoms with Crippen molar-refractivity contribution in [2.75, 3.05) is 27.4 Å². The first-order valence-electron chi connectivity index (χ1n) is 7.50. The van der Waals surface area contributed by atoms with Crippen LogP contribution in [-0.4, -0.2) is 38.3 Å². The van der Waals surface area contributed by atoms with Crippen LogP contribution in [0.2, 0.25) is 0 Å². The number of aryl methyl sites for hydroxylation is 1. The molecule has 124 valence electrons. The fourth-order valence-electron chi connectivity index (χ4n) is 2.10. The molecule has 2 aromatic rings. The average Bonchev–Trinajstić information content (AvgIpc) is 2.92. The molecule has 1 amide bonds. The number of benzene rings is 1. The first-order valence-corrected chi connectivity index (χ1v) is 8.32. The Kier molecular flexibility index (Phi) is 6.55. The molecule has 0 aliphatic rings. The summed E-state index contributed by atoms with van der Waals surface area (Å²) in [6.07, 6.45) is 1.19. The Hall–Kier alpha value is -1.92. The zero-order valence-corrected chi connectivity index (χ0v) is 14.5. The van der Waals surface area contributed by atoms with Crippen LogP contribution in [0.25, 0.3) is 10.6 Å². The molecule has 2 rings (SSSR count). The van der Waals surface area contributed by atoms with E-state index in [9.17, 15) is 4.79 Å². The standard InChI is InChI=1S/C17H22N2O3S/c1-12-15(11-16(20)18-9-4-10-21-2)23-17(19-12)13-5-7-14(22-3)8-6-13/h5-8H,4,9-11H2,1-3H3,(H,18,20). The van der Waals surface area contributed by atoms with Gasteiger partial charge in [-0.05, 0) is 37.6 Å². The number of nitrogens with one attached hydrogen (secondary N) is 1. The molecule has 5 nitrogen and oxygen atoms in total. The number of aromatic nitrogens is 1. The summed E-state index contributed by atoms with van der Waals surface area (Å²) in [5.41, 5.74) is 1.94. The van der Waals surface area contributed by atoms with Gasteiger partial charge in [0.15, 0.2) is 0 Å². The predicted molar refractivity (Wildman–Crippen MR) is 92.0 cm³/mol. The number of carbonyl (C=O) groups is 1. The summed E-state index contributed by atoms with van der Waals surface area (Å²) in [5.74, 6) is 0.840. The molecule has 0 aliphatic heterocycles. The zero-order chi connectivity index (χ0) is 16.7. The molecule has 0 atom stereocenters. The predicted octanol–water partition coefficient (Wildman–Crippen LogP) is 2.82. The van der Waals surface area contributed by atoms with E-state index in [0.717, 1.165) is 33.3 Å². The van der Waals surface area contributed by atoms with Gasteiger partial charge in [-0.15, -0.1) is 11.3 Å². The van der Waals surface area contributed by atoms with E-state index in [2.05, 4.69) is 10.3 Å². The second-order valence-electron chi connectivity index (χ2n) is 5.13. The summed E-state index contributed by atoms with van der Waals surface area (Å²) >= 11 is 1.56. The third kappa shape index (κ3) is 5.04. The van der Waals surface area contributed by atoms with Crippen molar-refractivity contribution in [2.24, 2.45) is 0 Å². The maximum Gasteiger partial charge on any atom is 0.225 e. The van der Waals surface area contributed by atoms with Gasteiger partial charge in [0.2, 0.25) is 5.91 Å². The molecule has 0 fully saturated rings. The summed E-state index contributed by atoms with van der Waals surface area (Å²) in [4.78, 5) is 17.5. The van der Waals surface area contributed by atoms with Crippen LogP contribution in [0.5, 0.6) is 5.75 Å². The lowest BCUT2D eigenvalue weighted by Gasteiger charge is -2.03. The van der Waals surface area contributed by atoms with Crippen molar-refractivity contribution in [3.8, 4) is 16.3 Å². The molecule has 0 aliphatic carbocycles. The molecular weight excluding hydrogens is 312 g/mol. The zero-order valence-electron chi connectivity index (χ0n) is 13.7. The minimum Gasteiger partial charge on any atom is -0.497 e. The highest BCUT2D eigenvalue weighted by molar-refractivity contribution is 7.15. The van der Waals surface area contributed by atoms with Gasteiger partial charge in [0.25, 0.3) is 0 Å². The maximum absolute atomic E-state index is 12.0. The molecule has 0 unspecified atom stereocenters. The van der Waals surface area contributed by atoms with Crippen LogP contribution >= 0.6 is 11.3 Å². The Labute approximate surface area is 140 Å². The van der Waals surface area contributed by atoms with Crippen molar-refractivity contribution in [2.45, 2.75) is 19.8 Å². The molecule has 6 heteroatoms. The van der Waals surface area contributed by atoms with Crippen molar-refractivity contribution in [1.29, 1.82) is 0 Å². The monoisotopic (exact) mass is 334 g/mol. The van der Waals surface area contributed by atoms with E-state index in [1.165, 1.54) is 0 Å². The summed E-state index contributed by atoms with van der Waals surface area (Å²) in [6.45, 7) is 3.23. The number of hydrogen-bond acceptors (Lipinski definition) is 5. The second kappa shape index (κ2) is 8.64.